The molecule has 0 radical (unpaired) electrons. The van der Waals surface area contributed by atoms with E-state index in [1.807, 2.05) is 24.0 Å². The van der Waals surface area contributed by atoms with Crippen LogP contribution >= 0.6 is 11.6 Å². The molecule has 3 nitrogen and oxygen atoms in total. The summed E-state index contributed by atoms with van der Waals surface area (Å²) in [7, 11) is 0. The highest BCUT2D eigenvalue weighted by Gasteiger charge is 2.21. The van der Waals surface area contributed by atoms with Gasteiger partial charge in [-0.2, -0.15) is 0 Å². The maximum atomic E-state index is 12.1. The van der Waals surface area contributed by atoms with Crippen LogP contribution in [0.4, 0.5) is 10.5 Å². The number of halogens is 1. The lowest BCUT2D eigenvalue weighted by atomic mass is 10.00. The summed E-state index contributed by atoms with van der Waals surface area (Å²) in [6.07, 6.45) is 2.16. The van der Waals surface area contributed by atoms with E-state index in [-0.39, 0.29) is 6.03 Å². The van der Waals surface area contributed by atoms with Crippen LogP contribution in [-0.4, -0.2) is 24.0 Å². The van der Waals surface area contributed by atoms with Gasteiger partial charge in [-0.25, -0.2) is 4.79 Å². The molecular formula is C14H19ClN2O. The van der Waals surface area contributed by atoms with Gasteiger partial charge in [-0.15, -0.1) is 0 Å². The third-order valence-electron chi connectivity index (χ3n) is 3.52. The van der Waals surface area contributed by atoms with E-state index in [1.165, 1.54) is 0 Å². The quantitative estimate of drug-likeness (QED) is 0.821. The molecule has 0 aromatic heterocycles. The lowest BCUT2D eigenvalue weighted by molar-refractivity contribution is 0.186. The minimum absolute atomic E-state index is 0.0434. The summed E-state index contributed by atoms with van der Waals surface area (Å²) in [5.74, 6) is 0.719. The number of nitrogens with zero attached hydrogens (tertiary/aromatic N) is 1. The number of aryl methyl sites for hydroxylation is 1. The number of nitrogens with one attached hydrogen (secondary N) is 1. The Kier molecular flexibility index (Phi) is 4.12. The van der Waals surface area contributed by atoms with Crippen LogP contribution in [0.2, 0.25) is 5.02 Å². The molecule has 2 amide bonds. The topological polar surface area (TPSA) is 32.3 Å². The van der Waals surface area contributed by atoms with Crippen molar-refractivity contribution in [1.29, 1.82) is 0 Å². The van der Waals surface area contributed by atoms with Crippen molar-refractivity contribution in [3.8, 4) is 0 Å². The van der Waals surface area contributed by atoms with E-state index in [2.05, 4.69) is 12.2 Å². The summed E-state index contributed by atoms with van der Waals surface area (Å²) in [5, 5.41) is 3.51. The standard InChI is InChI=1S/C14H19ClN2O/c1-10-6-8-17(9-7-10)14(18)16-13-11(2)4-3-5-12(13)15/h3-5,10H,6-9H2,1-2H3,(H,16,18). The maximum Gasteiger partial charge on any atom is 0.321 e. The normalized spacial score (nSPS) is 16.7. The minimum atomic E-state index is -0.0434. The van der Waals surface area contributed by atoms with Crippen LogP contribution in [0.3, 0.4) is 0 Å². The molecule has 4 heteroatoms. The van der Waals surface area contributed by atoms with Crippen molar-refractivity contribution >= 4 is 23.3 Å². The fraction of sp³-hybridized carbons (Fsp3) is 0.500. The van der Waals surface area contributed by atoms with Crippen molar-refractivity contribution in [2.24, 2.45) is 5.92 Å². The molecule has 0 saturated carbocycles. The van der Waals surface area contributed by atoms with Crippen molar-refractivity contribution in [1.82, 2.24) is 4.90 Å². The van der Waals surface area contributed by atoms with Crippen LogP contribution in [0.15, 0.2) is 18.2 Å². The number of anilines is 1. The first-order valence-corrected chi connectivity index (χ1v) is 6.76. The largest absolute Gasteiger partial charge is 0.325 e. The molecule has 0 atom stereocenters. The number of urea groups is 1. The van der Waals surface area contributed by atoms with Gasteiger partial charge in [0.2, 0.25) is 0 Å². The third-order valence-corrected chi connectivity index (χ3v) is 3.84. The van der Waals surface area contributed by atoms with Crippen LogP contribution < -0.4 is 5.32 Å². The summed E-state index contributed by atoms with van der Waals surface area (Å²) in [4.78, 5) is 14.0. The number of rotatable bonds is 1. The Bertz CT molecular complexity index is 419. The fourth-order valence-corrected chi connectivity index (χ4v) is 2.46. The monoisotopic (exact) mass is 266 g/mol. The number of benzene rings is 1. The van der Waals surface area contributed by atoms with Gasteiger partial charge in [0.05, 0.1) is 10.7 Å². The molecule has 0 spiro atoms. The number of carbonyl (C=O) groups excluding carboxylic acids is 1. The number of hydrogen-bond acceptors (Lipinski definition) is 1. The first-order valence-electron chi connectivity index (χ1n) is 6.39. The molecule has 2 rings (SSSR count). The lowest BCUT2D eigenvalue weighted by Crippen LogP contribution is -2.40. The molecule has 1 N–H and O–H groups in total. The minimum Gasteiger partial charge on any atom is -0.325 e. The van der Waals surface area contributed by atoms with Gasteiger partial charge in [-0.1, -0.05) is 30.7 Å². The second-order valence-corrected chi connectivity index (χ2v) is 5.44. The summed E-state index contributed by atoms with van der Waals surface area (Å²) >= 11 is 6.10. The van der Waals surface area contributed by atoms with Gasteiger partial charge in [0.25, 0.3) is 0 Å². The zero-order valence-corrected chi connectivity index (χ0v) is 11.6. The molecule has 1 heterocycles. The first-order chi connectivity index (χ1) is 8.58. The highest BCUT2D eigenvalue weighted by atomic mass is 35.5. The molecule has 98 valence electrons. The van der Waals surface area contributed by atoms with Crippen LogP contribution in [0, 0.1) is 12.8 Å². The molecule has 0 bridgehead atoms. The van der Waals surface area contributed by atoms with Crippen molar-refractivity contribution in [2.45, 2.75) is 26.7 Å². The molecule has 1 aromatic carbocycles. The Morgan fingerprint density at radius 2 is 2.06 bits per heavy atom. The fourth-order valence-electron chi connectivity index (χ4n) is 2.19. The number of para-hydroxylation sites is 1. The molecule has 0 unspecified atom stereocenters. The predicted octanol–water partition coefficient (Wildman–Crippen LogP) is 3.91. The first kappa shape index (κ1) is 13.2. The van der Waals surface area contributed by atoms with Gasteiger partial charge in [-0.3, -0.25) is 0 Å². The second kappa shape index (κ2) is 5.61. The third kappa shape index (κ3) is 2.96. The van der Waals surface area contributed by atoms with Gasteiger partial charge in [0.15, 0.2) is 0 Å². The molecule has 1 aliphatic rings. The Labute approximate surface area is 113 Å². The smallest absolute Gasteiger partial charge is 0.321 e. The number of piperidine rings is 1. The van der Waals surface area contributed by atoms with Gasteiger partial charge < -0.3 is 10.2 Å². The number of amides is 2. The Morgan fingerprint density at radius 3 is 2.67 bits per heavy atom. The number of hydrogen-bond donors (Lipinski definition) is 1. The van der Waals surface area contributed by atoms with Crippen molar-refractivity contribution in [3.05, 3.63) is 28.8 Å². The lowest BCUT2D eigenvalue weighted by Gasteiger charge is -2.30. The highest BCUT2D eigenvalue weighted by molar-refractivity contribution is 6.33. The Balaban J connectivity index is 2.03. The van der Waals surface area contributed by atoms with E-state index in [0.29, 0.717) is 5.02 Å². The van der Waals surface area contributed by atoms with E-state index in [1.54, 1.807) is 6.07 Å². The van der Waals surface area contributed by atoms with Gasteiger partial charge in [0, 0.05) is 13.1 Å². The SMILES string of the molecule is Cc1cccc(Cl)c1NC(=O)N1CCC(C)CC1. The van der Waals surface area contributed by atoms with Crippen LogP contribution in [0.25, 0.3) is 0 Å². The van der Waals surface area contributed by atoms with Crippen molar-refractivity contribution < 1.29 is 4.79 Å². The van der Waals surface area contributed by atoms with E-state index >= 15 is 0 Å². The zero-order valence-electron chi connectivity index (χ0n) is 10.9. The Morgan fingerprint density at radius 1 is 1.39 bits per heavy atom. The molecule has 1 fully saturated rings. The maximum absolute atomic E-state index is 12.1. The van der Waals surface area contributed by atoms with E-state index < -0.39 is 0 Å². The van der Waals surface area contributed by atoms with E-state index in [9.17, 15) is 4.79 Å². The highest BCUT2D eigenvalue weighted by Crippen LogP contribution is 2.26. The molecule has 0 aliphatic carbocycles. The number of likely N-dealkylation sites (tertiary alicyclic amines) is 1. The average molecular weight is 267 g/mol. The summed E-state index contributed by atoms with van der Waals surface area (Å²) in [6.45, 7) is 5.83. The summed E-state index contributed by atoms with van der Waals surface area (Å²) in [5.41, 5.74) is 1.71. The van der Waals surface area contributed by atoms with Gasteiger partial charge in [-0.05, 0) is 37.3 Å². The summed E-state index contributed by atoms with van der Waals surface area (Å²) < 4.78 is 0. The van der Waals surface area contributed by atoms with Crippen LogP contribution in [-0.2, 0) is 0 Å². The van der Waals surface area contributed by atoms with E-state index in [4.69, 9.17) is 11.6 Å². The second-order valence-electron chi connectivity index (χ2n) is 5.03. The molecule has 1 aromatic rings. The van der Waals surface area contributed by atoms with Crippen molar-refractivity contribution in [3.63, 3.8) is 0 Å². The average Bonchev–Trinajstić information content (AvgIpc) is 2.34. The van der Waals surface area contributed by atoms with Crippen molar-refractivity contribution in [2.75, 3.05) is 18.4 Å². The predicted molar refractivity (Wildman–Crippen MR) is 75.2 cm³/mol. The van der Waals surface area contributed by atoms with Gasteiger partial charge >= 0.3 is 6.03 Å². The van der Waals surface area contributed by atoms with E-state index in [0.717, 1.165) is 43.1 Å². The molecule has 1 saturated heterocycles. The number of carbonyl (C=O) groups is 1. The Hall–Kier alpha value is -1.22. The van der Waals surface area contributed by atoms with Crippen LogP contribution in [0.1, 0.15) is 25.3 Å². The molecular weight excluding hydrogens is 248 g/mol. The zero-order chi connectivity index (χ0) is 13.1. The molecule has 1 aliphatic heterocycles. The van der Waals surface area contributed by atoms with Gasteiger partial charge in [0.1, 0.15) is 0 Å². The van der Waals surface area contributed by atoms with Crippen LogP contribution in [0.5, 0.6) is 0 Å². The molecule has 18 heavy (non-hydrogen) atoms. The summed E-state index contributed by atoms with van der Waals surface area (Å²) in [6, 6.07) is 5.58.